The van der Waals surface area contributed by atoms with E-state index in [2.05, 4.69) is 42.2 Å². The largest absolute Gasteiger partial charge is 0.508 e. The van der Waals surface area contributed by atoms with Crippen molar-refractivity contribution in [3.63, 3.8) is 0 Å². The highest BCUT2D eigenvalue weighted by Crippen LogP contribution is 2.12. The average Bonchev–Trinajstić information content (AvgIpc) is 3.17. The molecule has 1 aromatic rings. The van der Waals surface area contributed by atoms with E-state index in [9.17, 15) is 53.7 Å². The van der Waals surface area contributed by atoms with Crippen molar-refractivity contribution in [3.05, 3.63) is 29.8 Å². The van der Waals surface area contributed by atoms with Crippen LogP contribution in [-0.2, 0) is 44.8 Å². The molecule has 7 atom stereocenters. The van der Waals surface area contributed by atoms with Crippen molar-refractivity contribution in [1.82, 2.24) is 37.2 Å². The molecule has 0 aliphatic carbocycles. The Morgan fingerprint density at radius 3 is 1.71 bits per heavy atom. The summed E-state index contributed by atoms with van der Waals surface area (Å²) in [4.78, 5) is 106. The molecule has 0 bridgehead atoms. The second-order valence-corrected chi connectivity index (χ2v) is 14.3. The lowest BCUT2D eigenvalue weighted by Gasteiger charge is -2.27. The van der Waals surface area contributed by atoms with E-state index in [0.717, 1.165) is 6.92 Å². The zero-order chi connectivity index (χ0) is 45.0. The fourth-order valence-electron chi connectivity index (χ4n) is 5.04. The topological polar surface area (TPSA) is 392 Å². The molecule has 7 amide bonds. The fraction of sp³-hybridized carbons (Fsp3) is 0.583. The van der Waals surface area contributed by atoms with Gasteiger partial charge in [-0.05, 0) is 49.3 Å². The molecule has 0 heterocycles. The molecule has 0 radical (unpaired) electrons. The number of aromatic hydroxyl groups is 1. The van der Waals surface area contributed by atoms with Crippen molar-refractivity contribution in [3.8, 4) is 5.75 Å². The number of phenolic OH excluding ortho intramolecular Hbond substituents is 1. The van der Waals surface area contributed by atoms with E-state index in [0.29, 0.717) is 5.56 Å². The second kappa shape index (κ2) is 25.3. The van der Waals surface area contributed by atoms with Crippen LogP contribution in [0.2, 0.25) is 0 Å². The molecule has 23 nitrogen and oxygen atoms in total. The molecule has 0 spiro atoms. The Morgan fingerprint density at radius 1 is 0.661 bits per heavy atom. The molecular weight excluding hydrogens is 778 g/mol. The number of aliphatic imine (C=N–C) groups is 1. The van der Waals surface area contributed by atoms with Crippen LogP contribution in [0.4, 0.5) is 0 Å². The number of benzene rings is 1. The number of aliphatic hydroxyl groups excluding tert-OH is 2. The van der Waals surface area contributed by atoms with Crippen LogP contribution in [0.15, 0.2) is 29.3 Å². The molecule has 0 saturated heterocycles. The first-order chi connectivity index (χ1) is 27.6. The van der Waals surface area contributed by atoms with Gasteiger partial charge in [0.05, 0.1) is 25.8 Å². The number of carboxylic acids is 1. The summed E-state index contributed by atoms with van der Waals surface area (Å²) in [5.41, 5.74) is 17.1. The van der Waals surface area contributed by atoms with Gasteiger partial charge in [0.25, 0.3) is 0 Å². The SMILES string of the molecule is CC(C)[C@H](N)C(=O)N[C@@H](CCCN=C(N)N)C(=O)N[C@H](C(=O)N[C@@H](CO)C(=O)NCC(=O)N[C@@H](Cc1ccc(O)cc1)C(=O)N[C@@H](CO)C(=O)N[C@@H](C)C(=O)O)C(C)C. The van der Waals surface area contributed by atoms with Gasteiger partial charge in [0.2, 0.25) is 41.4 Å². The van der Waals surface area contributed by atoms with Crippen LogP contribution >= 0.6 is 0 Å². The maximum absolute atomic E-state index is 13.4. The van der Waals surface area contributed by atoms with Gasteiger partial charge >= 0.3 is 5.97 Å². The Morgan fingerprint density at radius 2 is 1.19 bits per heavy atom. The lowest BCUT2D eigenvalue weighted by molar-refractivity contribution is -0.142. The number of phenols is 1. The van der Waals surface area contributed by atoms with Crippen molar-refractivity contribution < 1.29 is 58.8 Å². The number of rotatable bonds is 25. The molecule has 0 aromatic heterocycles. The van der Waals surface area contributed by atoms with E-state index in [-0.39, 0.29) is 43.4 Å². The monoisotopic (exact) mass is 837 g/mol. The molecule has 0 fully saturated rings. The molecule has 0 aliphatic heterocycles. The first kappa shape index (κ1) is 50.9. The minimum absolute atomic E-state index is 0.0657. The van der Waals surface area contributed by atoms with Crippen LogP contribution < -0.4 is 54.4 Å². The molecule has 1 aromatic carbocycles. The number of aliphatic carboxylic acids is 1. The van der Waals surface area contributed by atoms with Gasteiger partial charge < -0.3 is 74.8 Å². The molecule has 0 saturated carbocycles. The van der Waals surface area contributed by atoms with Crippen LogP contribution in [0.5, 0.6) is 5.75 Å². The Bertz CT molecular complexity index is 1640. The number of carbonyl (C=O) groups is 8. The minimum Gasteiger partial charge on any atom is -0.508 e. The van der Waals surface area contributed by atoms with Gasteiger partial charge in [-0.25, -0.2) is 0 Å². The zero-order valence-electron chi connectivity index (χ0n) is 33.7. The Kier molecular flexibility index (Phi) is 21.9. The lowest BCUT2D eigenvalue weighted by atomic mass is 10.0. The van der Waals surface area contributed by atoms with Crippen molar-refractivity contribution in [2.45, 2.75) is 96.2 Å². The second-order valence-electron chi connectivity index (χ2n) is 14.3. The quantitative estimate of drug-likeness (QED) is 0.0249. The highest BCUT2D eigenvalue weighted by atomic mass is 16.4. The van der Waals surface area contributed by atoms with Gasteiger partial charge in [-0.3, -0.25) is 43.3 Å². The first-order valence-corrected chi connectivity index (χ1v) is 18.7. The van der Waals surface area contributed by atoms with E-state index < -0.39 is 115 Å². The van der Waals surface area contributed by atoms with Crippen LogP contribution in [0.25, 0.3) is 0 Å². The summed E-state index contributed by atoms with van der Waals surface area (Å²) in [6, 6.07) is -3.86. The predicted molar refractivity (Wildman–Crippen MR) is 211 cm³/mol. The number of aliphatic hydroxyl groups is 2. The van der Waals surface area contributed by atoms with Crippen molar-refractivity contribution in [1.29, 1.82) is 0 Å². The van der Waals surface area contributed by atoms with E-state index >= 15 is 0 Å². The van der Waals surface area contributed by atoms with Gasteiger partial charge in [-0.15, -0.1) is 0 Å². The van der Waals surface area contributed by atoms with Crippen LogP contribution in [0.1, 0.15) is 53.0 Å². The normalized spacial score (nSPS) is 14.5. The minimum atomic E-state index is -1.62. The van der Waals surface area contributed by atoms with E-state index in [1.165, 1.54) is 24.3 Å². The van der Waals surface area contributed by atoms with Crippen LogP contribution in [0.3, 0.4) is 0 Å². The summed E-state index contributed by atoms with van der Waals surface area (Å²) in [5, 5.41) is 54.9. The number of hydrogen-bond acceptors (Lipinski definition) is 13. The number of guanidine groups is 1. The third kappa shape index (κ3) is 18.4. The maximum Gasteiger partial charge on any atom is 0.325 e. The maximum atomic E-state index is 13.4. The van der Waals surface area contributed by atoms with Gasteiger partial charge in [0.1, 0.15) is 42.0 Å². The molecular formula is C36H59N11O12. The lowest BCUT2D eigenvalue weighted by Crippen LogP contribution is -2.60. The average molecular weight is 838 g/mol. The summed E-state index contributed by atoms with van der Waals surface area (Å²) in [7, 11) is 0. The Balaban J connectivity index is 3.07. The number of amides is 7. The van der Waals surface area contributed by atoms with Gasteiger partial charge in [0.15, 0.2) is 5.96 Å². The van der Waals surface area contributed by atoms with Crippen LogP contribution in [-0.4, -0.2) is 142 Å². The van der Waals surface area contributed by atoms with E-state index in [4.69, 9.17) is 22.3 Å². The number of carboxylic acid groups (broad SMARTS) is 1. The number of nitrogens with two attached hydrogens (primary N) is 3. The molecule has 17 N–H and O–H groups in total. The van der Waals surface area contributed by atoms with Crippen LogP contribution in [0, 0.1) is 11.8 Å². The Hall–Kier alpha value is -6.07. The van der Waals surface area contributed by atoms with Gasteiger partial charge in [0, 0.05) is 13.0 Å². The summed E-state index contributed by atoms with van der Waals surface area (Å²) >= 11 is 0. The van der Waals surface area contributed by atoms with Crippen molar-refractivity contribution in [2.75, 3.05) is 26.3 Å². The van der Waals surface area contributed by atoms with Gasteiger partial charge in [-0.1, -0.05) is 39.8 Å². The van der Waals surface area contributed by atoms with Crippen molar-refractivity contribution >= 4 is 53.3 Å². The molecule has 23 heteroatoms. The molecule has 59 heavy (non-hydrogen) atoms. The summed E-state index contributed by atoms with van der Waals surface area (Å²) < 4.78 is 0. The predicted octanol–water partition coefficient (Wildman–Crippen LogP) is -5.26. The van der Waals surface area contributed by atoms with Gasteiger partial charge in [-0.2, -0.15) is 0 Å². The molecule has 1 rings (SSSR count). The molecule has 330 valence electrons. The van der Waals surface area contributed by atoms with Crippen molar-refractivity contribution in [2.24, 2.45) is 34.0 Å². The fourth-order valence-corrected chi connectivity index (χ4v) is 5.04. The summed E-state index contributed by atoms with van der Waals surface area (Å²) in [6.45, 7) is 5.29. The number of hydrogen-bond donors (Lipinski definition) is 14. The smallest absolute Gasteiger partial charge is 0.325 e. The number of nitrogens with zero attached hydrogens (tertiary/aromatic N) is 1. The van der Waals surface area contributed by atoms with E-state index in [1.54, 1.807) is 27.7 Å². The summed E-state index contributed by atoms with van der Waals surface area (Å²) in [6.07, 6.45) is 0.124. The third-order valence-electron chi connectivity index (χ3n) is 8.66. The third-order valence-corrected chi connectivity index (χ3v) is 8.66. The number of carbonyl (C=O) groups excluding carboxylic acids is 7. The highest BCUT2D eigenvalue weighted by Gasteiger charge is 2.33. The summed E-state index contributed by atoms with van der Waals surface area (Å²) in [5.74, 6) is -8.66. The first-order valence-electron chi connectivity index (χ1n) is 18.7. The highest BCUT2D eigenvalue weighted by molar-refractivity contribution is 5.97. The molecule has 0 aliphatic rings. The number of nitrogens with one attached hydrogen (secondary N) is 7. The Labute approximate surface area is 341 Å². The molecule has 0 unspecified atom stereocenters. The zero-order valence-corrected chi connectivity index (χ0v) is 33.7. The van der Waals surface area contributed by atoms with E-state index in [1.807, 2.05) is 0 Å². The standard InChI is InChI=1S/C36H59N11O12/c1-17(2)27(37)33(56)44-22(7-6-12-40-36(38)39)30(53)47-28(18(3)4)34(57)46-24(15-48)29(52)41-14-26(51)43-23(13-20-8-10-21(50)11-9-20)31(54)45-25(16-49)32(55)42-19(5)35(58)59/h8-11,17-19,22-25,27-28,48-50H,6-7,12-16,37H2,1-5H3,(H,41,52)(H,42,55)(H,43,51)(H,44,56)(H,45,54)(H,46,57)(H,47,53)(H,58,59)(H4,38,39,40)/t19-,22-,23-,24-,25-,27-,28-/m0/s1.